The number of hydrogen-bond acceptors (Lipinski definition) is 3. The van der Waals surface area contributed by atoms with Gasteiger partial charge in [-0.2, -0.15) is 0 Å². The van der Waals surface area contributed by atoms with E-state index in [-0.39, 0.29) is 0 Å². The van der Waals surface area contributed by atoms with Crippen molar-refractivity contribution >= 4 is 15.7 Å². The molecule has 118 valence electrons. The van der Waals surface area contributed by atoms with Gasteiger partial charge >= 0.3 is 0 Å². The quantitative estimate of drug-likeness (QED) is 0.817. The molecule has 0 aliphatic carbocycles. The number of benzene rings is 2. The molecule has 4 nitrogen and oxygen atoms in total. The first-order valence-corrected chi connectivity index (χ1v) is 8.75. The molecular formula is C17H21NO3S. The third-order valence-corrected chi connectivity index (χ3v) is 5.23. The molecule has 5 heteroatoms. The largest absolute Gasteiger partial charge is 0.494 e. The number of nitrogens with zero attached hydrogens (tertiary/aromatic N) is 1. The lowest BCUT2D eigenvalue weighted by molar-refractivity contribution is 0.340. The van der Waals surface area contributed by atoms with Gasteiger partial charge in [-0.15, -0.1) is 0 Å². The van der Waals surface area contributed by atoms with Crippen LogP contribution in [0.15, 0.2) is 53.4 Å². The van der Waals surface area contributed by atoms with Crippen molar-refractivity contribution < 1.29 is 13.2 Å². The summed E-state index contributed by atoms with van der Waals surface area (Å²) < 4.78 is 32.5. The van der Waals surface area contributed by atoms with Crippen LogP contribution in [0.25, 0.3) is 0 Å². The van der Waals surface area contributed by atoms with E-state index in [4.69, 9.17) is 4.74 Å². The zero-order chi connectivity index (χ0) is 16.2. The zero-order valence-corrected chi connectivity index (χ0v) is 13.9. The van der Waals surface area contributed by atoms with Crippen molar-refractivity contribution in [3.8, 4) is 5.75 Å². The third-order valence-electron chi connectivity index (χ3n) is 3.31. The van der Waals surface area contributed by atoms with Gasteiger partial charge in [0.15, 0.2) is 0 Å². The molecule has 0 unspecified atom stereocenters. The summed E-state index contributed by atoms with van der Waals surface area (Å²) in [6, 6.07) is 14.0. The van der Waals surface area contributed by atoms with Gasteiger partial charge in [-0.25, -0.2) is 8.42 Å². The highest BCUT2D eigenvalue weighted by Crippen LogP contribution is 2.27. The topological polar surface area (TPSA) is 46.6 Å². The van der Waals surface area contributed by atoms with E-state index in [0.717, 1.165) is 5.56 Å². The molecule has 2 aromatic carbocycles. The Kier molecular flexibility index (Phi) is 5.08. The molecule has 0 atom stereocenters. The molecule has 0 spiro atoms. The van der Waals surface area contributed by atoms with E-state index in [1.807, 2.05) is 26.8 Å². The molecular weight excluding hydrogens is 298 g/mol. The van der Waals surface area contributed by atoms with Crippen LogP contribution in [0.1, 0.15) is 19.4 Å². The summed E-state index contributed by atoms with van der Waals surface area (Å²) >= 11 is 0. The maximum absolute atomic E-state index is 12.8. The van der Waals surface area contributed by atoms with Gasteiger partial charge in [-0.05, 0) is 45.0 Å². The fourth-order valence-corrected chi connectivity index (χ4v) is 3.69. The van der Waals surface area contributed by atoms with Crippen molar-refractivity contribution in [2.75, 3.05) is 17.5 Å². The van der Waals surface area contributed by atoms with Gasteiger partial charge in [-0.1, -0.05) is 23.8 Å². The van der Waals surface area contributed by atoms with E-state index in [0.29, 0.717) is 29.5 Å². The Morgan fingerprint density at radius 2 is 1.73 bits per heavy atom. The number of sulfonamides is 1. The minimum atomic E-state index is -3.57. The Hall–Kier alpha value is -2.01. The lowest BCUT2D eigenvalue weighted by Crippen LogP contribution is -2.30. The van der Waals surface area contributed by atoms with E-state index in [1.54, 1.807) is 42.5 Å². The fourth-order valence-electron chi connectivity index (χ4n) is 2.22. The first kappa shape index (κ1) is 16.4. The van der Waals surface area contributed by atoms with Crippen LogP contribution in [-0.4, -0.2) is 21.6 Å². The predicted molar refractivity (Wildman–Crippen MR) is 89.0 cm³/mol. The molecule has 22 heavy (non-hydrogen) atoms. The SMILES string of the molecule is CCOc1cccc(N(CC)S(=O)(=O)c2ccc(C)cc2)c1. The first-order valence-electron chi connectivity index (χ1n) is 7.31. The Labute approximate surface area is 132 Å². The fraction of sp³-hybridized carbons (Fsp3) is 0.294. The van der Waals surface area contributed by atoms with Crippen molar-refractivity contribution in [1.82, 2.24) is 0 Å². The molecule has 0 saturated carbocycles. The summed E-state index contributed by atoms with van der Waals surface area (Å²) in [7, 11) is -3.57. The number of anilines is 1. The van der Waals surface area contributed by atoms with E-state index in [1.165, 1.54) is 4.31 Å². The van der Waals surface area contributed by atoms with Crippen molar-refractivity contribution in [3.63, 3.8) is 0 Å². The lowest BCUT2D eigenvalue weighted by atomic mass is 10.2. The Morgan fingerprint density at radius 3 is 2.32 bits per heavy atom. The average Bonchev–Trinajstić information content (AvgIpc) is 2.49. The van der Waals surface area contributed by atoms with Gasteiger partial charge in [0.05, 0.1) is 17.2 Å². The van der Waals surface area contributed by atoms with E-state index in [2.05, 4.69) is 0 Å². The Morgan fingerprint density at radius 1 is 1.05 bits per heavy atom. The van der Waals surface area contributed by atoms with Gasteiger partial charge < -0.3 is 4.74 Å². The van der Waals surface area contributed by atoms with E-state index < -0.39 is 10.0 Å². The first-order chi connectivity index (χ1) is 10.5. The summed E-state index contributed by atoms with van der Waals surface area (Å²) in [5.74, 6) is 0.664. The molecule has 0 aliphatic heterocycles. The van der Waals surface area contributed by atoms with Crippen LogP contribution < -0.4 is 9.04 Å². The Balaban J connectivity index is 2.42. The van der Waals surface area contributed by atoms with Crippen LogP contribution in [0, 0.1) is 6.92 Å². The van der Waals surface area contributed by atoms with Gasteiger partial charge in [0.1, 0.15) is 5.75 Å². The highest BCUT2D eigenvalue weighted by Gasteiger charge is 2.23. The summed E-state index contributed by atoms with van der Waals surface area (Å²) in [4.78, 5) is 0.293. The van der Waals surface area contributed by atoms with Crippen LogP contribution in [-0.2, 0) is 10.0 Å². The highest BCUT2D eigenvalue weighted by molar-refractivity contribution is 7.92. The van der Waals surface area contributed by atoms with Crippen molar-refractivity contribution in [2.24, 2.45) is 0 Å². The molecule has 0 bridgehead atoms. The molecule has 0 aromatic heterocycles. The minimum absolute atomic E-state index is 0.293. The van der Waals surface area contributed by atoms with Crippen LogP contribution in [0.5, 0.6) is 5.75 Å². The maximum Gasteiger partial charge on any atom is 0.264 e. The third kappa shape index (κ3) is 3.42. The van der Waals surface area contributed by atoms with Crippen molar-refractivity contribution in [2.45, 2.75) is 25.7 Å². The zero-order valence-electron chi connectivity index (χ0n) is 13.1. The second-order valence-electron chi connectivity index (χ2n) is 4.91. The van der Waals surface area contributed by atoms with Crippen LogP contribution in [0.4, 0.5) is 5.69 Å². The molecule has 0 aliphatic rings. The normalized spacial score (nSPS) is 11.2. The summed E-state index contributed by atoms with van der Waals surface area (Å²) in [5, 5.41) is 0. The second-order valence-corrected chi connectivity index (χ2v) is 6.78. The molecule has 0 radical (unpaired) electrons. The highest BCUT2D eigenvalue weighted by atomic mass is 32.2. The number of rotatable bonds is 6. The molecule has 0 fully saturated rings. The maximum atomic E-state index is 12.8. The lowest BCUT2D eigenvalue weighted by Gasteiger charge is -2.23. The molecule has 0 heterocycles. The number of aryl methyl sites for hydroxylation is 1. The van der Waals surface area contributed by atoms with Crippen LogP contribution in [0.2, 0.25) is 0 Å². The summed E-state index contributed by atoms with van der Waals surface area (Å²) in [6.45, 7) is 6.54. The molecule has 0 amide bonds. The smallest absolute Gasteiger partial charge is 0.264 e. The van der Waals surface area contributed by atoms with Crippen LogP contribution in [0.3, 0.4) is 0 Å². The van der Waals surface area contributed by atoms with Crippen LogP contribution >= 0.6 is 0 Å². The van der Waals surface area contributed by atoms with Gasteiger partial charge in [0.2, 0.25) is 0 Å². The summed E-state index contributed by atoms with van der Waals surface area (Å²) in [6.07, 6.45) is 0. The summed E-state index contributed by atoms with van der Waals surface area (Å²) in [5.41, 5.74) is 1.63. The van der Waals surface area contributed by atoms with E-state index >= 15 is 0 Å². The number of ether oxygens (including phenoxy) is 1. The van der Waals surface area contributed by atoms with Crippen molar-refractivity contribution in [3.05, 3.63) is 54.1 Å². The molecule has 2 aromatic rings. The molecule has 0 saturated heterocycles. The standard InChI is InChI=1S/C17H21NO3S/c1-4-18(15-7-6-8-16(13-15)21-5-2)22(19,20)17-11-9-14(3)10-12-17/h6-13H,4-5H2,1-3H3. The molecule has 2 rings (SSSR count). The van der Waals surface area contributed by atoms with Gasteiger partial charge in [-0.3, -0.25) is 4.31 Å². The van der Waals surface area contributed by atoms with Gasteiger partial charge in [0, 0.05) is 12.6 Å². The predicted octanol–water partition coefficient (Wildman–Crippen LogP) is 3.61. The second kappa shape index (κ2) is 6.83. The minimum Gasteiger partial charge on any atom is -0.494 e. The van der Waals surface area contributed by atoms with Gasteiger partial charge in [0.25, 0.3) is 10.0 Å². The van der Waals surface area contributed by atoms with E-state index in [9.17, 15) is 8.42 Å². The average molecular weight is 319 g/mol. The monoisotopic (exact) mass is 319 g/mol. The number of hydrogen-bond donors (Lipinski definition) is 0. The molecule has 0 N–H and O–H groups in total. The van der Waals surface area contributed by atoms with Crippen molar-refractivity contribution in [1.29, 1.82) is 0 Å². The Bertz CT molecular complexity index is 724.